The van der Waals surface area contributed by atoms with E-state index in [4.69, 9.17) is 25.8 Å². The fourth-order valence-corrected chi connectivity index (χ4v) is 4.90. The predicted molar refractivity (Wildman–Crippen MR) is 130 cm³/mol. The molecule has 3 aromatic carbocycles. The van der Waals surface area contributed by atoms with E-state index in [1.807, 2.05) is 71.4 Å². The molecule has 3 heterocycles. The van der Waals surface area contributed by atoms with E-state index in [0.717, 1.165) is 33.7 Å². The summed E-state index contributed by atoms with van der Waals surface area (Å²) in [6, 6.07) is 21.4. The van der Waals surface area contributed by atoms with Gasteiger partial charge in [-0.25, -0.2) is 4.68 Å². The number of benzene rings is 3. The van der Waals surface area contributed by atoms with Crippen LogP contribution in [0.3, 0.4) is 0 Å². The van der Waals surface area contributed by atoms with Crippen LogP contribution < -0.4 is 19.5 Å². The zero-order valence-electron chi connectivity index (χ0n) is 18.5. The SMILES string of the molecule is COc1ccc([C@@H]2Oc3ccccc3C3=C2[C@H](c2cccc(Cl)c2)n2ncnc2N3)cc1OC. The van der Waals surface area contributed by atoms with Gasteiger partial charge in [-0.1, -0.05) is 41.9 Å². The Morgan fingerprint density at radius 2 is 1.79 bits per heavy atom. The third-order valence-corrected chi connectivity index (χ3v) is 6.43. The highest BCUT2D eigenvalue weighted by Crippen LogP contribution is 2.51. The minimum Gasteiger partial charge on any atom is -0.493 e. The number of nitrogens with one attached hydrogen (secondary N) is 1. The molecule has 1 aromatic heterocycles. The minimum atomic E-state index is -0.418. The molecule has 8 heteroatoms. The second-order valence-corrected chi connectivity index (χ2v) is 8.49. The Hall–Kier alpha value is -3.97. The lowest BCUT2D eigenvalue weighted by Crippen LogP contribution is -2.32. The smallest absolute Gasteiger partial charge is 0.226 e. The van der Waals surface area contributed by atoms with Crippen molar-refractivity contribution in [3.05, 3.63) is 100 Å². The van der Waals surface area contributed by atoms with Crippen LogP contribution in [0.2, 0.25) is 5.02 Å². The summed E-state index contributed by atoms with van der Waals surface area (Å²) in [4.78, 5) is 4.46. The van der Waals surface area contributed by atoms with Crippen LogP contribution in [0.25, 0.3) is 5.70 Å². The van der Waals surface area contributed by atoms with Crippen molar-refractivity contribution in [1.82, 2.24) is 14.8 Å². The summed E-state index contributed by atoms with van der Waals surface area (Å²) < 4.78 is 19.6. The van der Waals surface area contributed by atoms with Gasteiger partial charge < -0.3 is 19.5 Å². The predicted octanol–water partition coefficient (Wildman–Crippen LogP) is 5.51. The molecule has 2 aliphatic heterocycles. The topological polar surface area (TPSA) is 70.4 Å². The van der Waals surface area contributed by atoms with Gasteiger partial charge in [0.1, 0.15) is 24.2 Å². The van der Waals surface area contributed by atoms with Gasteiger partial charge in [-0.05, 0) is 42.0 Å². The van der Waals surface area contributed by atoms with Crippen molar-refractivity contribution in [2.45, 2.75) is 12.1 Å². The Labute approximate surface area is 201 Å². The molecule has 34 heavy (non-hydrogen) atoms. The van der Waals surface area contributed by atoms with Crippen LogP contribution in [0.15, 0.2) is 78.6 Å². The number of aromatic nitrogens is 3. The Kier molecular flexibility index (Phi) is 4.92. The van der Waals surface area contributed by atoms with Crippen molar-refractivity contribution in [1.29, 1.82) is 0 Å². The van der Waals surface area contributed by atoms with Gasteiger partial charge >= 0.3 is 0 Å². The van der Waals surface area contributed by atoms with E-state index in [0.29, 0.717) is 22.5 Å². The molecule has 0 saturated heterocycles. The molecule has 7 nitrogen and oxygen atoms in total. The molecule has 0 fully saturated rings. The first-order chi connectivity index (χ1) is 16.7. The summed E-state index contributed by atoms with van der Waals surface area (Å²) in [5, 5.41) is 8.70. The van der Waals surface area contributed by atoms with E-state index >= 15 is 0 Å². The summed E-state index contributed by atoms with van der Waals surface area (Å²) in [5.41, 5.74) is 4.84. The molecule has 0 radical (unpaired) electrons. The fraction of sp³-hybridized carbons (Fsp3) is 0.154. The number of nitrogens with zero attached hydrogens (tertiary/aromatic N) is 3. The van der Waals surface area contributed by atoms with E-state index in [1.54, 1.807) is 20.5 Å². The molecule has 1 N–H and O–H groups in total. The normalized spacial score (nSPS) is 18.2. The van der Waals surface area contributed by atoms with Crippen LogP contribution in [0.5, 0.6) is 17.2 Å². The van der Waals surface area contributed by atoms with E-state index < -0.39 is 6.10 Å². The van der Waals surface area contributed by atoms with Crippen molar-refractivity contribution in [2.24, 2.45) is 0 Å². The molecule has 2 atom stereocenters. The minimum absolute atomic E-state index is 0.279. The molecule has 0 unspecified atom stereocenters. The second-order valence-electron chi connectivity index (χ2n) is 8.05. The highest BCUT2D eigenvalue weighted by Gasteiger charge is 2.41. The van der Waals surface area contributed by atoms with Gasteiger partial charge in [0.2, 0.25) is 5.95 Å². The maximum absolute atomic E-state index is 6.65. The highest BCUT2D eigenvalue weighted by molar-refractivity contribution is 6.30. The van der Waals surface area contributed by atoms with Crippen molar-refractivity contribution >= 4 is 23.2 Å². The Bertz CT molecular complexity index is 1430. The first-order valence-electron chi connectivity index (χ1n) is 10.8. The highest BCUT2D eigenvalue weighted by atomic mass is 35.5. The van der Waals surface area contributed by atoms with Crippen molar-refractivity contribution < 1.29 is 14.2 Å². The van der Waals surface area contributed by atoms with Gasteiger partial charge in [-0.2, -0.15) is 10.1 Å². The lowest BCUT2D eigenvalue weighted by atomic mass is 9.84. The van der Waals surface area contributed by atoms with Gasteiger partial charge in [-0.3, -0.25) is 0 Å². The Morgan fingerprint density at radius 1 is 0.941 bits per heavy atom. The number of fused-ring (bicyclic) bond motifs is 3. The standard InChI is InChI=1S/C26H21ClN4O3/c1-32-20-11-10-16(13-21(20)33-2)25-22-23(18-8-3-4-9-19(18)34-25)30-26-28-14-29-31(26)24(22)15-6-5-7-17(27)12-15/h3-14,24-25H,1-2H3,(H,28,29,30)/t24-,25-/m0/s1. The van der Waals surface area contributed by atoms with Gasteiger partial charge in [0.25, 0.3) is 0 Å². The van der Waals surface area contributed by atoms with E-state index in [2.05, 4.69) is 15.4 Å². The largest absolute Gasteiger partial charge is 0.493 e. The van der Waals surface area contributed by atoms with Crippen LogP contribution in [0, 0.1) is 0 Å². The maximum Gasteiger partial charge on any atom is 0.226 e. The number of hydrogen-bond acceptors (Lipinski definition) is 6. The Morgan fingerprint density at radius 3 is 2.62 bits per heavy atom. The molecule has 0 aliphatic carbocycles. The lowest BCUT2D eigenvalue weighted by Gasteiger charge is -2.39. The molecule has 0 amide bonds. The van der Waals surface area contributed by atoms with E-state index in [-0.39, 0.29) is 6.04 Å². The second kappa shape index (κ2) is 8.11. The third-order valence-electron chi connectivity index (χ3n) is 6.20. The van der Waals surface area contributed by atoms with Gasteiger partial charge in [-0.15, -0.1) is 0 Å². The summed E-state index contributed by atoms with van der Waals surface area (Å²) in [6.45, 7) is 0. The van der Waals surface area contributed by atoms with Gasteiger partial charge in [0, 0.05) is 21.7 Å². The molecule has 4 aromatic rings. The molecule has 2 aliphatic rings. The maximum atomic E-state index is 6.65. The van der Waals surface area contributed by atoms with Crippen molar-refractivity contribution in [3.63, 3.8) is 0 Å². The molecule has 6 rings (SSSR count). The summed E-state index contributed by atoms with van der Waals surface area (Å²) in [5.74, 6) is 2.73. The van der Waals surface area contributed by atoms with Gasteiger partial charge in [0.05, 0.1) is 19.9 Å². The zero-order chi connectivity index (χ0) is 23.2. The number of rotatable bonds is 4. The van der Waals surface area contributed by atoms with Crippen LogP contribution >= 0.6 is 11.6 Å². The molecule has 0 spiro atoms. The van der Waals surface area contributed by atoms with Crippen molar-refractivity contribution in [2.75, 3.05) is 19.5 Å². The van der Waals surface area contributed by atoms with Crippen LogP contribution in [-0.4, -0.2) is 29.0 Å². The first-order valence-corrected chi connectivity index (χ1v) is 11.2. The summed E-state index contributed by atoms with van der Waals surface area (Å²) >= 11 is 6.41. The number of hydrogen-bond donors (Lipinski definition) is 1. The molecule has 0 bridgehead atoms. The van der Waals surface area contributed by atoms with Gasteiger partial charge in [0.15, 0.2) is 11.5 Å². The van der Waals surface area contributed by atoms with Crippen LogP contribution in [0.4, 0.5) is 5.95 Å². The summed E-state index contributed by atoms with van der Waals surface area (Å²) in [7, 11) is 3.25. The van der Waals surface area contributed by atoms with E-state index in [1.165, 1.54) is 0 Å². The van der Waals surface area contributed by atoms with Crippen molar-refractivity contribution in [3.8, 4) is 17.2 Å². The number of methoxy groups -OCH3 is 2. The number of anilines is 1. The fourth-order valence-electron chi connectivity index (χ4n) is 4.71. The van der Waals surface area contributed by atoms with E-state index in [9.17, 15) is 0 Å². The van der Waals surface area contributed by atoms with Crippen LogP contribution in [-0.2, 0) is 0 Å². The number of halogens is 1. The first kappa shape index (κ1) is 20.6. The zero-order valence-corrected chi connectivity index (χ0v) is 19.3. The number of para-hydroxylation sites is 1. The molecule has 170 valence electrons. The molecular weight excluding hydrogens is 452 g/mol. The lowest BCUT2D eigenvalue weighted by molar-refractivity contribution is 0.222. The quantitative estimate of drug-likeness (QED) is 0.422. The summed E-state index contributed by atoms with van der Waals surface area (Å²) in [6.07, 6.45) is 1.13. The Balaban J connectivity index is 1.61. The molecule has 0 saturated carbocycles. The monoisotopic (exact) mass is 472 g/mol. The number of ether oxygens (including phenoxy) is 3. The average Bonchev–Trinajstić information content (AvgIpc) is 3.34. The third kappa shape index (κ3) is 3.20. The van der Waals surface area contributed by atoms with Crippen LogP contribution in [0.1, 0.15) is 28.8 Å². The molecular formula is C26H21ClN4O3. The average molecular weight is 473 g/mol.